The van der Waals surface area contributed by atoms with Gasteiger partial charge in [-0.1, -0.05) is 29.8 Å². The van der Waals surface area contributed by atoms with Crippen molar-refractivity contribution in [3.63, 3.8) is 0 Å². The third-order valence-electron chi connectivity index (χ3n) is 4.47. The van der Waals surface area contributed by atoms with E-state index in [-0.39, 0.29) is 18.4 Å². The average Bonchev–Trinajstić information content (AvgIpc) is 2.79. The smallest absolute Gasteiger partial charge is 0.258 e. The summed E-state index contributed by atoms with van der Waals surface area (Å²) in [6.07, 6.45) is 0.536. The molecule has 7 heteroatoms. The molecule has 0 spiro atoms. The molecule has 0 aliphatic carbocycles. The average molecular weight is 441 g/mol. The van der Waals surface area contributed by atoms with Crippen molar-refractivity contribution in [3.05, 3.63) is 95.3 Å². The van der Waals surface area contributed by atoms with Crippen molar-refractivity contribution in [2.75, 3.05) is 24.6 Å². The van der Waals surface area contributed by atoms with Crippen LogP contribution in [0.2, 0.25) is 5.02 Å². The zero-order valence-electron chi connectivity index (χ0n) is 16.8. The van der Waals surface area contributed by atoms with Crippen LogP contribution in [0.3, 0.4) is 0 Å². The first kappa shape index (κ1) is 22.3. The van der Waals surface area contributed by atoms with Crippen LogP contribution in [-0.4, -0.2) is 31.5 Å². The van der Waals surface area contributed by atoms with Gasteiger partial charge in [0.15, 0.2) is 6.61 Å². The maximum atomic E-state index is 13.2. The second kappa shape index (κ2) is 11.1. The van der Waals surface area contributed by atoms with Gasteiger partial charge < -0.3 is 15.0 Å². The summed E-state index contributed by atoms with van der Waals surface area (Å²) in [5.74, 6) is -0.333. The molecule has 0 aliphatic rings. The number of benzene rings is 3. The monoisotopic (exact) mass is 440 g/mol. The molecule has 31 heavy (non-hydrogen) atoms. The van der Waals surface area contributed by atoms with E-state index < -0.39 is 5.82 Å². The van der Waals surface area contributed by atoms with Gasteiger partial charge in [0.25, 0.3) is 11.8 Å². The third kappa shape index (κ3) is 6.83. The highest BCUT2D eigenvalue weighted by Gasteiger charge is 2.17. The summed E-state index contributed by atoms with van der Waals surface area (Å²) in [6.45, 7) is 0.653. The molecule has 0 aromatic heterocycles. The molecule has 0 unspecified atom stereocenters. The van der Waals surface area contributed by atoms with E-state index in [0.717, 1.165) is 5.69 Å². The van der Waals surface area contributed by atoms with E-state index >= 15 is 0 Å². The summed E-state index contributed by atoms with van der Waals surface area (Å²) in [6, 6.07) is 21.4. The van der Waals surface area contributed by atoms with Crippen LogP contribution in [0.5, 0.6) is 5.75 Å². The van der Waals surface area contributed by atoms with Gasteiger partial charge in [0.2, 0.25) is 0 Å². The molecule has 0 saturated heterocycles. The van der Waals surface area contributed by atoms with Gasteiger partial charge in [-0.05, 0) is 67.1 Å². The predicted octanol–water partition coefficient (Wildman–Crippen LogP) is 4.71. The summed E-state index contributed by atoms with van der Waals surface area (Å²) >= 11 is 5.82. The van der Waals surface area contributed by atoms with Gasteiger partial charge in [-0.3, -0.25) is 9.59 Å². The molecular weight excluding hydrogens is 419 g/mol. The highest BCUT2D eigenvalue weighted by atomic mass is 35.5. The topological polar surface area (TPSA) is 58.6 Å². The summed E-state index contributed by atoms with van der Waals surface area (Å²) < 4.78 is 18.6. The number of anilines is 1. The first-order valence-corrected chi connectivity index (χ1v) is 10.2. The highest BCUT2D eigenvalue weighted by Crippen LogP contribution is 2.18. The summed E-state index contributed by atoms with van der Waals surface area (Å²) in [7, 11) is 0. The van der Waals surface area contributed by atoms with E-state index in [2.05, 4.69) is 5.32 Å². The molecule has 0 heterocycles. The molecule has 0 atom stereocenters. The molecule has 2 amide bonds. The lowest BCUT2D eigenvalue weighted by Gasteiger charge is -2.23. The SMILES string of the molecule is O=C(COc1ccc(Cl)cc1)NCCCN(C(=O)c1ccc(F)cc1)c1ccccc1. The Bertz CT molecular complexity index is 996. The zero-order chi connectivity index (χ0) is 22.1. The lowest BCUT2D eigenvalue weighted by atomic mass is 10.1. The Balaban J connectivity index is 1.52. The van der Waals surface area contributed by atoms with E-state index in [0.29, 0.717) is 35.8 Å². The Hall–Kier alpha value is -3.38. The number of rotatable bonds is 9. The van der Waals surface area contributed by atoms with Crippen LogP contribution in [-0.2, 0) is 4.79 Å². The number of para-hydroxylation sites is 1. The normalized spacial score (nSPS) is 10.4. The molecule has 160 valence electrons. The second-order valence-electron chi connectivity index (χ2n) is 6.75. The van der Waals surface area contributed by atoms with Gasteiger partial charge in [0.05, 0.1) is 0 Å². The molecule has 0 aliphatic heterocycles. The maximum Gasteiger partial charge on any atom is 0.258 e. The second-order valence-corrected chi connectivity index (χ2v) is 7.18. The van der Waals surface area contributed by atoms with Gasteiger partial charge in [0, 0.05) is 29.4 Å². The number of halogens is 2. The number of ether oxygens (including phenoxy) is 1. The number of carbonyl (C=O) groups excluding carboxylic acids is 2. The minimum Gasteiger partial charge on any atom is -0.484 e. The lowest BCUT2D eigenvalue weighted by Crippen LogP contribution is -2.35. The Morgan fingerprint density at radius 2 is 1.61 bits per heavy atom. The maximum absolute atomic E-state index is 13.2. The predicted molar refractivity (Wildman–Crippen MR) is 119 cm³/mol. The first-order chi connectivity index (χ1) is 15.0. The van der Waals surface area contributed by atoms with Crippen LogP contribution in [0.1, 0.15) is 16.8 Å². The molecule has 0 saturated carbocycles. The van der Waals surface area contributed by atoms with E-state index in [1.807, 2.05) is 30.3 Å². The van der Waals surface area contributed by atoms with Crippen molar-refractivity contribution in [2.45, 2.75) is 6.42 Å². The van der Waals surface area contributed by atoms with Gasteiger partial charge in [-0.15, -0.1) is 0 Å². The molecule has 5 nitrogen and oxygen atoms in total. The largest absolute Gasteiger partial charge is 0.484 e. The van der Waals surface area contributed by atoms with Crippen LogP contribution >= 0.6 is 11.6 Å². The van der Waals surface area contributed by atoms with Gasteiger partial charge in [-0.2, -0.15) is 0 Å². The van der Waals surface area contributed by atoms with Gasteiger partial charge >= 0.3 is 0 Å². The quantitative estimate of drug-likeness (QED) is 0.490. The molecule has 3 aromatic carbocycles. The Morgan fingerprint density at radius 1 is 0.935 bits per heavy atom. The van der Waals surface area contributed by atoms with E-state index in [1.54, 1.807) is 29.2 Å². The summed E-state index contributed by atoms with van der Waals surface area (Å²) in [4.78, 5) is 26.6. The molecule has 3 aromatic rings. The van der Waals surface area contributed by atoms with Crippen molar-refractivity contribution in [3.8, 4) is 5.75 Å². The zero-order valence-corrected chi connectivity index (χ0v) is 17.5. The van der Waals surface area contributed by atoms with Crippen molar-refractivity contribution in [2.24, 2.45) is 0 Å². The van der Waals surface area contributed by atoms with Gasteiger partial charge in [0.1, 0.15) is 11.6 Å². The van der Waals surface area contributed by atoms with Crippen LogP contribution in [0.25, 0.3) is 0 Å². The van der Waals surface area contributed by atoms with Crippen molar-refractivity contribution >= 4 is 29.1 Å². The third-order valence-corrected chi connectivity index (χ3v) is 4.72. The number of hydrogen-bond donors (Lipinski definition) is 1. The number of nitrogens with one attached hydrogen (secondary N) is 1. The minimum absolute atomic E-state index is 0.113. The number of amides is 2. The Kier molecular flexibility index (Phi) is 8.01. The summed E-state index contributed by atoms with van der Waals surface area (Å²) in [5.41, 5.74) is 1.12. The number of nitrogens with zero attached hydrogens (tertiary/aromatic N) is 1. The van der Waals surface area contributed by atoms with E-state index in [9.17, 15) is 14.0 Å². The minimum atomic E-state index is -0.397. The summed E-state index contributed by atoms with van der Waals surface area (Å²) in [5, 5.41) is 3.37. The van der Waals surface area contributed by atoms with Crippen LogP contribution in [0.4, 0.5) is 10.1 Å². The molecular formula is C24H22ClFN2O3. The lowest BCUT2D eigenvalue weighted by molar-refractivity contribution is -0.123. The molecule has 1 N–H and O–H groups in total. The van der Waals surface area contributed by atoms with Crippen LogP contribution < -0.4 is 15.0 Å². The molecule has 0 fully saturated rings. The van der Waals surface area contributed by atoms with Crippen LogP contribution in [0.15, 0.2) is 78.9 Å². The first-order valence-electron chi connectivity index (χ1n) is 9.80. The molecule has 0 bridgehead atoms. The fourth-order valence-electron chi connectivity index (χ4n) is 2.90. The van der Waals surface area contributed by atoms with Crippen molar-refractivity contribution in [1.82, 2.24) is 5.32 Å². The fourth-order valence-corrected chi connectivity index (χ4v) is 3.03. The van der Waals surface area contributed by atoms with Gasteiger partial charge in [-0.25, -0.2) is 4.39 Å². The standard InChI is InChI=1S/C24H22ClFN2O3/c25-19-9-13-22(14-10-19)31-17-23(29)27-15-4-16-28(21-5-2-1-3-6-21)24(30)18-7-11-20(26)12-8-18/h1-3,5-14H,4,15-17H2,(H,27,29). The van der Waals surface area contributed by atoms with Crippen molar-refractivity contribution < 1.29 is 18.7 Å². The number of hydrogen-bond acceptors (Lipinski definition) is 3. The van der Waals surface area contributed by atoms with Crippen molar-refractivity contribution in [1.29, 1.82) is 0 Å². The molecule has 0 radical (unpaired) electrons. The number of carbonyl (C=O) groups is 2. The fraction of sp³-hybridized carbons (Fsp3) is 0.167. The van der Waals surface area contributed by atoms with E-state index in [1.165, 1.54) is 24.3 Å². The Morgan fingerprint density at radius 3 is 2.29 bits per heavy atom. The highest BCUT2D eigenvalue weighted by molar-refractivity contribution is 6.30. The molecule has 3 rings (SSSR count). The van der Waals surface area contributed by atoms with E-state index in [4.69, 9.17) is 16.3 Å². The Labute approximate surface area is 185 Å². The van der Waals surface area contributed by atoms with Crippen LogP contribution in [0, 0.1) is 5.82 Å².